The zero-order chi connectivity index (χ0) is 14.8. The third-order valence-electron chi connectivity index (χ3n) is 2.94. The summed E-state index contributed by atoms with van der Waals surface area (Å²) in [6.45, 7) is 0.836. The summed E-state index contributed by atoms with van der Waals surface area (Å²) >= 11 is 0. The number of hydrogen-bond donors (Lipinski definition) is 2. The van der Waals surface area contributed by atoms with Gasteiger partial charge in [-0.1, -0.05) is 0 Å². The zero-order valence-electron chi connectivity index (χ0n) is 10.4. The van der Waals surface area contributed by atoms with Gasteiger partial charge in [-0.2, -0.15) is 13.2 Å². The van der Waals surface area contributed by atoms with Gasteiger partial charge in [0, 0.05) is 13.2 Å². The molecule has 1 aliphatic rings. The molecule has 0 amide bonds. The number of hydrogen-bond acceptors (Lipinski definition) is 4. The fraction of sp³-hybridized carbons (Fsp3) is 0.500. The van der Waals surface area contributed by atoms with Gasteiger partial charge in [-0.25, -0.2) is 9.78 Å². The van der Waals surface area contributed by atoms with Crippen molar-refractivity contribution in [1.29, 1.82) is 0 Å². The van der Waals surface area contributed by atoms with Crippen LogP contribution in [-0.2, 0) is 10.9 Å². The summed E-state index contributed by atoms with van der Waals surface area (Å²) in [7, 11) is 0. The lowest BCUT2D eigenvalue weighted by atomic mass is 10.2. The van der Waals surface area contributed by atoms with E-state index in [9.17, 15) is 18.0 Å². The van der Waals surface area contributed by atoms with Crippen molar-refractivity contribution >= 4 is 11.8 Å². The van der Waals surface area contributed by atoms with E-state index in [0.29, 0.717) is 12.7 Å². The number of nitrogens with zero attached hydrogens (tertiary/aromatic N) is 1. The summed E-state index contributed by atoms with van der Waals surface area (Å²) in [4.78, 5) is 14.3. The van der Waals surface area contributed by atoms with Crippen molar-refractivity contribution in [3.8, 4) is 0 Å². The minimum atomic E-state index is -4.61. The smallest absolute Gasteiger partial charge is 0.433 e. The molecule has 0 saturated carbocycles. The second-order valence-corrected chi connectivity index (χ2v) is 4.41. The number of rotatable bonds is 4. The second kappa shape index (κ2) is 5.66. The van der Waals surface area contributed by atoms with Gasteiger partial charge in [0.25, 0.3) is 0 Å². The van der Waals surface area contributed by atoms with Crippen molar-refractivity contribution in [2.45, 2.75) is 25.1 Å². The molecular formula is C12H13F3N2O3. The first-order valence-corrected chi connectivity index (χ1v) is 6.05. The highest BCUT2D eigenvalue weighted by atomic mass is 19.4. The highest BCUT2D eigenvalue weighted by molar-refractivity contribution is 5.93. The number of alkyl halides is 3. The summed E-state index contributed by atoms with van der Waals surface area (Å²) in [5, 5.41) is 11.6. The Kier molecular flexibility index (Phi) is 4.12. The molecule has 2 heterocycles. The highest BCUT2D eigenvalue weighted by Crippen LogP contribution is 2.29. The van der Waals surface area contributed by atoms with Crippen LogP contribution >= 0.6 is 0 Å². The number of ether oxygens (including phenoxy) is 1. The van der Waals surface area contributed by atoms with Crippen molar-refractivity contribution in [3.05, 3.63) is 23.4 Å². The number of carboxylic acid groups (broad SMARTS) is 1. The van der Waals surface area contributed by atoms with Crippen LogP contribution in [0.2, 0.25) is 0 Å². The van der Waals surface area contributed by atoms with E-state index in [-0.39, 0.29) is 24.0 Å². The van der Waals surface area contributed by atoms with Gasteiger partial charge in [0.1, 0.15) is 17.1 Å². The molecule has 1 atom stereocenters. The van der Waals surface area contributed by atoms with Crippen LogP contribution in [0.15, 0.2) is 12.1 Å². The molecular weight excluding hydrogens is 277 g/mol. The maximum absolute atomic E-state index is 12.6. The fourth-order valence-electron chi connectivity index (χ4n) is 1.94. The van der Waals surface area contributed by atoms with Crippen LogP contribution < -0.4 is 5.32 Å². The lowest BCUT2D eigenvalue weighted by Crippen LogP contribution is -2.21. The molecule has 1 fully saturated rings. The molecule has 0 aromatic carbocycles. The Bertz CT molecular complexity index is 499. The topological polar surface area (TPSA) is 71.5 Å². The number of pyridine rings is 1. The molecule has 1 aromatic heterocycles. The zero-order valence-corrected chi connectivity index (χ0v) is 10.4. The first-order chi connectivity index (χ1) is 9.38. The van der Waals surface area contributed by atoms with Crippen LogP contribution in [-0.4, -0.2) is 35.3 Å². The highest BCUT2D eigenvalue weighted by Gasteiger charge is 2.33. The normalized spacial score (nSPS) is 19.1. The van der Waals surface area contributed by atoms with Crippen LogP contribution in [0.5, 0.6) is 0 Å². The largest absolute Gasteiger partial charge is 0.478 e. The minimum Gasteiger partial charge on any atom is -0.478 e. The molecule has 2 N–H and O–H groups in total. The molecule has 0 radical (unpaired) electrons. The Morgan fingerprint density at radius 3 is 2.80 bits per heavy atom. The van der Waals surface area contributed by atoms with E-state index >= 15 is 0 Å². The van der Waals surface area contributed by atoms with Crippen molar-refractivity contribution < 1.29 is 27.8 Å². The van der Waals surface area contributed by atoms with Gasteiger partial charge in [0.15, 0.2) is 0 Å². The van der Waals surface area contributed by atoms with Gasteiger partial charge in [-0.15, -0.1) is 0 Å². The summed E-state index contributed by atoms with van der Waals surface area (Å²) in [5.41, 5.74) is -1.42. The van der Waals surface area contributed by atoms with Crippen molar-refractivity contribution in [3.63, 3.8) is 0 Å². The number of halogens is 3. The SMILES string of the molecule is O=C(O)c1ccc(C(F)(F)F)nc1NCC1CCCO1. The Morgan fingerprint density at radius 2 is 2.25 bits per heavy atom. The van der Waals surface area contributed by atoms with E-state index < -0.39 is 17.8 Å². The third-order valence-corrected chi connectivity index (χ3v) is 2.94. The average Bonchev–Trinajstić information content (AvgIpc) is 2.87. The Hall–Kier alpha value is -1.83. The van der Waals surface area contributed by atoms with E-state index in [2.05, 4.69) is 10.3 Å². The maximum Gasteiger partial charge on any atom is 0.433 e. The van der Waals surface area contributed by atoms with Crippen LogP contribution in [0.1, 0.15) is 28.9 Å². The van der Waals surface area contributed by atoms with Crippen molar-refractivity contribution in [2.75, 3.05) is 18.5 Å². The molecule has 1 aromatic rings. The predicted octanol–water partition coefficient (Wildman–Crippen LogP) is 2.39. The van der Waals surface area contributed by atoms with Gasteiger partial charge >= 0.3 is 12.1 Å². The van der Waals surface area contributed by atoms with E-state index in [4.69, 9.17) is 9.84 Å². The number of carbonyl (C=O) groups is 1. The van der Waals surface area contributed by atoms with Crippen LogP contribution in [0, 0.1) is 0 Å². The quantitative estimate of drug-likeness (QED) is 0.891. The molecule has 2 rings (SSSR count). The maximum atomic E-state index is 12.6. The van der Waals surface area contributed by atoms with Crippen molar-refractivity contribution in [1.82, 2.24) is 4.98 Å². The molecule has 20 heavy (non-hydrogen) atoms. The number of anilines is 1. The Labute approximate surface area is 112 Å². The van der Waals surface area contributed by atoms with E-state index in [1.165, 1.54) is 0 Å². The number of aromatic carboxylic acids is 1. The summed E-state index contributed by atoms with van der Waals surface area (Å²) in [6.07, 6.45) is -3.08. The van der Waals surface area contributed by atoms with E-state index in [0.717, 1.165) is 18.9 Å². The molecule has 5 nitrogen and oxygen atoms in total. The standard InChI is InChI=1S/C12H13F3N2O3/c13-12(14,15)9-4-3-8(11(18)19)10(17-9)16-6-7-2-1-5-20-7/h3-4,7H,1-2,5-6H2,(H,16,17)(H,18,19). The van der Waals surface area contributed by atoms with Gasteiger partial charge in [-0.05, 0) is 25.0 Å². The Balaban J connectivity index is 2.20. The Morgan fingerprint density at radius 1 is 1.50 bits per heavy atom. The lowest BCUT2D eigenvalue weighted by Gasteiger charge is -2.14. The number of aromatic nitrogens is 1. The summed E-state index contributed by atoms with van der Waals surface area (Å²) in [5.74, 6) is -1.62. The average molecular weight is 290 g/mol. The van der Waals surface area contributed by atoms with Gasteiger partial charge < -0.3 is 15.2 Å². The number of nitrogens with one attached hydrogen (secondary N) is 1. The van der Waals surface area contributed by atoms with Crippen molar-refractivity contribution in [2.24, 2.45) is 0 Å². The molecule has 0 bridgehead atoms. The molecule has 1 aliphatic heterocycles. The molecule has 1 unspecified atom stereocenters. The molecule has 0 spiro atoms. The van der Waals surface area contributed by atoms with Gasteiger partial charge in [0.05, 0.1) is 6.10 Å². The molecule has 8 heteroatoms. The molecule has 110 valence electrons. The first-order valence-electron chi connectivity index (χ1n) is 6.05. The minimum absolute atomic E-state index is 0.131. The summed E-state index contributed by atoms with van der Waals surface area (Å²) in [6, 6.07) is 1.55. The van der Waals surface area contributed by atoms with Crippen LogP contribution in [0.4, 0.5) is 19.0 Å². The fourth-order valence-corrected chi connectivity index (χ4v) is 1.94. The monoisotopic (exact) mass is 290 g/mol. The number of carboxylic acids is 1. The summed E-state index contributed by atoms with van der Waals surface area (Å²) < 4.78 is 43.1. The van der Waals surface area contributed by atoms with Gasteiger partial charge in [-0.3, -0.25) is 0 Å². The molecule has 1 saturated heterocycles. The molecule has 0 aliphatic carbocycles. The predicted molar refractivity (Wildman–Crippen MR) is 63.7 cm³/mol. The van der Waals surface area contributed by atoms with E-state index in [1.54, 1.807) is 0 Å². The van der Waals surface area contributed by atoms with E-state index in [1.807, 2.05) is 0 Å². The van der Waals surface area contributed by atoms with Crippen LogP contribution in [0.25, 0.3) is 0 Å². The lowest BCUT2D eigenvalue weighted by molar-refractivity contribution is -0.141. The van der Waals surface area contributed by atoms with Gasteiger partial charge in [0.2, 0.25) is 0 Å². The second-order valence-electron chi connectivity index (χ2n) is 4.41. The van der Waals surface area contributed by atoms with Crippen LogP contribution in [0.3, 0.4) is 0 Å². The third kappa shape index (κ3) is 3.38. The first kappa shape index (κ1) is 14.6.